The Balaban J connectivity index is 1.81. The second kappa shape index (κ2) is 7.88. The van der Waals surface area contributed by atoms with Crippen molar-refractivity contribution in [2.75, 3.05) is 0 Å². The average Bonchev–Trinajstić information content (AvgIpc) is 3.03. The number of fused-ring (bicyclic) bond motifs is 1. The molecule has 2 aromatic heterocycles. The third kappa shape index (κ3) is 4.84. The van der Waals surface area contributed by atoms with Crippen LogP contribution >= 0.6 is 0 Å². The Hall–Kier alpha value is -3.24. The maximum Gasteiger partial charge on any atom is 0.573 e. The minimum absolute atomic E-state index is 0.0318. The molecule has 160 valence electrons. The molecule has 0 aliphatic rings. The van der Waals surface area contributed by atoms with Gasteiger partial charge in [0.05, 0.1) is 11.3 Å². The van der Waals surface area contributed by atoms with Crippen LogP contribution in [0.15, 0.2) is 42.6 Å². The number of rotatable bonds is 5. The molecule has 0 atom stereocenters. The molecule has 0 saturated heterocycles. The lowest BCUT2D eigenvalue weighted by atomic mass is 10.2. The molecule has 1 aromatic carbocycles. The van der Waals surface area contributed by atoms with Gasteiger partial charge in [0, 0.05) is 12.7 Å². The molecular formula is C19H15F6N3O2. The first-order valence-electron chi connectivity index (χ1n) is 8.69. The van der Waals surface area contributed by atoms with E-state index < -0.39 is 29.8 Å². The van der Waals surface area contributed by atoms with Gasteiger partial charge in [-0.1, -0.05) is 19.1 Å². The van der Waals surface area contributed by atoms with Gasteiger partial charge in [-0.3, -0.25) is 9.20 Å². The number of nitrogens with one attached hydrogen (secondary N) is 1. The van der Waals surface area contributed by atoms with Crippen LogP contribution in [0.4, 0.5) is 26.3 Å². The van der Waals surface area contributed by atoms with Crippen molar-refractivity contribution in [3.63, 3.8) is 0 Å². The summed E-state index contributed by atoms with van der Waals surface area (Å²) in [6.07, 6.45) is -8.28. The van der Waals surface area contributed by atoms with E-state index in [4.69, 9.17) is 0 Å². The van der Waals surface area contributed by atoms with Crippen LogP contribution < -0.4 is 10.1 Å². The first kappa shape index (κ1) is 21.5. The Morgan fingerprint density at radius 1 is 1.07 bits per heavy atom. The first-order chi connectivity index (χ1) is 14.0. The highest BCUT2D eigenvalue weighted by Crippen LogP contribution is 2.30. The molecular weight excluding hydrogens is 416 g/mol. The third-order valence-corrected chi connectivity index (χ3v) is 4.18. The fraction of sp³-hybridized carbons (Fsp3) is 0.263. The summed E-state index contributed by atoms with van der Waals surface area (Å²) in [5.41, 5.74) is 0.0279. The van der Waals surface area contributed by atoms with Gasteiger partial charge in [-0.05, 0) is 36.2 Å². The smallest absolute Gasteiger partial charge is 0.406 e. The zero-order valence-corrected chi connectivity index (χ0v) is 15.4. The topological polar surface area (TPSA) is 55.6 Å². The Kier molecular flexibility index (Phi) is 5.64. The highest BCUT2D eigenvalue weighted by molar-refractivity contribution is 5.94. The third-order valence-electron chi connectivity index (χ3n) is 4.18. The highest BCUT2D eigenvalue weighted by Gasteiger charge is 2.32. The Morgan fingerprint density at radius 2 is 1.73 bits per heavy atom. The Labute approximate surface area is 166 Å². The van der Waals surface area contributed by atoms with Crippen molar-refractivity contribution < 1.29 is 35.9 Å². The van der Waals surface area contributed by atoms with Gasteiger partial charge in [-0.25, -0.2) is 4.98 Å². The molecule has 0 fully saturated rings. The van der Waals surface area contributed by atoms with Gasteiger partial charge >= 0.3 is 12.5 Å². The quantitative estimate of drug-likeness (QED) is 0.594. The van der Waals surface area contributed by atoms with Crippen LogP contribution in [0.25, 0.3) is 5.65 Å². The number of pyridine rings is 1. The maximum atomic E-state index is 13.0. The predicted molar refractivity (Wildman–Crippen MR) is 93.9 cm³/mol. The lowest BCUT2D eigenvalue weighted by Gasteiger charge is -2.11. The van der Waals surface area contributed by atoms with E-state index in [0.29, 0.717) is 17.7 Å². The summed E-state index contributed by atoms with van der Waals surface area (Å²) in [6, 6.07) is 6.91. The van der Waals surface area contributed by atoms with Crippen LogP contribution in [0.3, 0.4) is 0 Å². The number of carbonyl (C=O) groups is 1. The van der Waals surface area contributed by atoms with Crippen molar-refractivity contribution >= 4 is 11.6 Å². The standard InChI is InChI=1S/C19H15F6N3O2/c1-2-14-16(28-10-12(18(20,21)22)5-8-15(28)27-14)17(29)26-9-11-3-6-13(7-4-11)30-19(23,24)25/h3-8,10H,2,9H2,1H3,(H,26,29). The molecule has 3 rings (SSSR count). The summed E-state index contributed by atoms with van der Waals surface area (Å²) in [4.78, 5) is 16.8. The number of benzene rings is 1. The van der Waals surface area contributed by atoms with E-state index in [2.05, 4.69) is 15.0 Å². The highest BCUT2D eigenvalue weighted by atomic mass is 19.4. The molecule has 5 nitrogen and oxygen atoms in total. The number of hydrogen-bond acceptors (Lipinski definition) is 3. The fourth-order valence-electron chi connectivity index (χ4n) is 2.82. The van der Waals surface area contributed by atoms with E-state index in [1.54, 1.807) is 6.92 Å². The molecule has 30 heavy (non-hydrogen) atoms. The summed E-state index contributed by atoms with van der Waals surface area (Å²) >= 11 is 0. The Bertz CT molecular complexity index is 1060. The lowest BCUT2D eigenvalue weighted by Crippen LogP contribution is -2.25. The number of nitrogens with zero attached hydrogens (tertiary/aromatic N) is 2. The van der Waals surface area contributed by atoms with Crippen molar-refractivity contribution in [1.29, 1.82) is 0 Å². The summed E-state index contributed by atoms with van der Waals surface area (Å²) in [5, 5.41) is 2.55. The summed E-state index contributed by atoms with van der Waals surface area (Å²) in [6.45, 7) is 1.66. The van der Waals surface area contributed by atoms with E-state index in [1.807, 2.05) is 0 Å². The van der Waals surface area contributed by atoms with Gasteiger partial charge < -0.3 is 10.1 Å². The molecule has 1 N–H and O–H groups in total. The molecule has 0 aliphatic heterocycles. The number of imidazole rings is 1. The largest absolute Gasteiger partial charge is 0.573 e. The fourth-order valence-corrected chi connectivity index (χ4v) is 2.82. The number of aryl methyl sites for hydroxylation is 1. The van der Waals surface area contributed by atoms with Crippen LogP contribution in [-0.2, 0) is 19.1 Å². The SMILES string of the molecule is CCc1nc2ccc(C(F)(F)F)cn2c1C(=O)NCc1ccc(OC(F)(F)F)cc1. The second-order valence-electron chi connectivity index (χ2n) is 6.28. The van der Waals surface area contributed by atoms with Gasteiger partial charge in [0.1, 0.15) is 17.1 Å². The lowest BCUT2D eigenvalue weighted by molar-refractivity contribution is -0.274. The average molecular weight is 431 g/mol. The summed E-state index contributed by atoms with van der Waals surface area (Å²) in [7, 11) is 0. The zero-order valence-electron chi connectivity index (χ0n) is 15.4. The number of ether oxygens (including phenoxy) is 1. The monoisotopic (exact) mass is 431 g/mol. The van der Waals surface area contributed by atoms with E-state index in [-0.39, 0.29) is 17.9 Å². The summed E-state index contributed by atoms with van der Waals surface area (Å²) in [5.74, 6) is -1.07. The molecule has 0 bridgehead atoms. The Morgan fingerprint density at radius 3 is 2.30 bits per heavy atom. The number of amides is 1. The second-order valence-corrected chi connectivity index (χ2v) is 6.28. The van der Waals surface area contributed by atoms with Gasteiger partial charge in [-0.2, -0.15) is 13.2 Å². The molecule has 1 amide bonds. The van der Waals surface area contributed by atoms with Gasteiger partial charge in [0.2, 0.25) is 0 Å². The van der Waals surface area contributed by atoms with E-state index in [9.17, 15) is 31.1 Å². The van der Waals surface area contributed by atoms with Crippen molar-refractivity contribution in [2.45, 2.75) is 32.4 Å². The van der Waals surface area contributed by atoms with Crippen LogP contribution in [0.2, 0.25) is 0 Å². The summed E-state index contributed by atoms with van der Waals surface area (Å²) < 4.78 is 80.5. The molecule has 0 spiro atoms. The number of aromatic nitrogens is 2. The van der Waals surface area contributed by atoms with Crippen LogP contribution in [0.5, 0.6) is 5.75 Å². The molecule has 0 unspecified atom stereocenters. The normalized spacial score (nSPS) is 12.2. The van der Waals surface area contributed by atoms with Gasteiger partial charge in [0.15, 0.2) is 0 Å². The van der Waals surface area contributed by atoms with E-state index in [0.717, 1.165) is 28.8 Å². The van der Waals surface area contributed by atoms with Crippen molar-refractivity contribution in [2.24, 2.45) is 0 Å². The number of halogens is 6. The molecule has 11 heteroatoms. The van der Waals surface area contributed by atoms with Crippen molar-refractivity contribution in [1.82, 2.24) is 14.7 Å². The minimum Gasteiger partial charge on any atom is -0.406 e. The predicted octanol–water partition coefficient (Wildman–Crippen LogP) is 4.74. The molecule has 3 aromatic rings. The van der Waals surface area contributed by atoms with Gasteiger partial charge in [-0.15, -0.1) is 13.2 Å². The van der Waals surface area contributed by atoms with Crippen molar-refractivity contribution in [3.8, 4) is 5.75 Å². The van der Waals surface area contributed by atoms with Crippen LogP contribution in [-0.4, -0.2) is 21.7 Å². The molecule has 0 radical (unpaired) electrons. The zero-order chi connectivity index (χ0) is 22.1. The molecule has 0 aliphatic carbocycles. The molecule has 0 saturated carbocycles. The number of carbonyl (C=O) groups excluding carboxylic acids is 1. The van der Waals surface area contributed by atoms with Crippen LogP contribution in [0, 0.1) is 0 Å². The number of hydrogen-bond donors (Lipinski definition) is 1. The minimum atomic E-state index is -4.81. The molecule has 2 heterocycles. The van der Waals surface area contributed by atoms with E-state index >= 15 is 0 Å². The first-order valence-corrected chi connectivity index (χ1v) is 8.69. The van der Waals surface area contributed by atoms with Gasteiger partial charge in [0.25, 0.3) is 5.91 Å². The number of alkyl halides is 6. The van der Waals surface area contributed by atoms with Crippen LogP contribution in [0.1, 0.15) is 34.2 Å². The van der Waals surface area contributed by atoms with Crippen molar-refractivity contribution in [3.05, 3.63) is 65.1 Å². The van der Waals surface area contributed by atoms with E-state index in [1.165, 1.54) is 18.2 Å². The maximum absolute atomic E-state index is 13.0.